The van der Waals surface area contributed by atoms with Crippen molar-refractivity contribution in [2.45, 2.75) is 0 Å². The van der Waals surface area contributed by atoms with E-state index in [0.717, 1.165) is 59.6 Å². The standard InChI is InChI=1S/C43H26N7OP/c51-52(27-13-2-1-3-14-27)37-24-9-6-17-30(37)31-18-10-19-34(38(31)52)39-46-42(49-35-22-7-4-15-28(35)29-16-5-8-23-36(29)49)48-43(47-39)50-40-32(20-11-25-44-40)33-21-12-26-45-41(33)50/h1-26H. The summed E-state index contributed by atoms with van der Waals surface area (Å²) in [5.74, 6) is 1.20. The minimum atomic E-state index is -3.35. The molecule has 0 fully saturated rings. The first-order chi connectivity index (χ1) is 25.7. The molecule has 11 rings (SSSR count). The number of pyridine rings is 2. The maximum Gasteiger partial charge on any atom is 0.242 e. The topological polar surface area (TPSA) is 91.4 Å². The molecule has 1 atom stereocenters. The molecule has 0 spiro atoms. The lowest BCUT2D eigenvalue weighted by molar-refractivity contribution is 0.593. The van der Waals surface area contributed by atoms with Crippen molar-refractivity contribution in [1.29, 1.82) is 0 Å². The Hall–Kier alpha value is -6.76. The monoisotopic (exact) mass is 687 g/mol. The van der Waals surface area contributed by atoms with E-state index < -0.39 is 7.14 Å². The first kappa shape index (κ1) is 29.0. The number of benzene rings is 5. The van der Waals surface area contributed by atoms with E-state index in [1.165, 1.54) is 0 Å². The molecule has 244 valence electrons. The van der Waals surface area contributed by atoms with E-state index in [-0.39, 0.29) is 0 Å². The van der Waals surface area contributed by atoms with Crippen LogP contribution in [0.4, 0.5) is 0 Å². The zero-order valence-corrected chi connectivity index (χ0v) is 28.4. The molecule has 1 aliphatic rings. The van der Waals surface area contributed by atoms with Crippen LogP contribution in [0.25, 0.3) is 78.3 Å². The van der Waals surface area contributed by atoms with Gasteiger partial charge in [-0.15, -0.1) is 0 Å². The van der Waals surface area contributed by atoms with Crippen molar-refractivity contribution in [2.24, 2.45) is 0 Å². The van der Waals surface area contributed by atoms with Crippen LogP contribution in [0.15, 0.2) is 158 Å². The molecule has 9 heteroatoms. The second-order valence-electron chi connectivity index (χ2n) is 12.9. The Bertz CT molecular complexity index is 2890. The van der Waals surface area contributed by atoms with Gasteiger partial charge in [-0.2, -0.15) is 15.0 Å². The van der Waals surface area contributed by atoms with Crippen LogP contribution in [0.3, 0.4) is 0 Å². The number of hydrogen-bond donors (Lipinski definition) is 0. The van der Waals surface area contributed by atoms with Gasteiger partial charge in [0.15, 0.2) is 13.0 Å². The lowest BCUT2D eigenvalue weighted by Crippen LogP contribution is -2.23. The highest BCUT2D eigenvalue weighted by Crippen LogP contribution is 2.54. The first-order valence-corrected chi connectivity index (χ1v) is 18.8. The Morgan fingerprint density at radius 1 is 0.442 bits per heavy atom. The van der Waals surface area contributed by atoms with Crippen molar-refractivity contribution >= 4 is 66.9 Å². The fourth-order valence-corrected chi connectivity index (χ4v) is 11.2. The third kappa shape index (κ3) is 3.92. The average Bonchev–Trinajstić information content (AvgIpc) is 3.83. The van der Waals surface area contributed by atoms with Crippen LogP contribution in [-0.4, -0.2) is 34.1 Å². The van der Waals surface area contributed by atoms with Gasteiger partial charge in [0.25, 0.3) is 0 Å². The summed E-state index contributed by atoms with van der Waals surface area (Å²) in [5.41, 5.74) is 5.86. The second kappa shape index (κ2) is 10.9. The molecule has 6 heterocycles. The van der Waals surface area contributed by atoms with Gasteiger partial charge in [0.1, 0.15) is 11.3 Å². The van der Waals surface area contributed by atoms with Gasteiger partial charge in [-0.25, -0.2) is 14.5 Å². The molecule has 1 unspecified atom stereocenters. The van der Waals surface area contributed by atoms with Gasteiger partial charge < -0.3 is 4.57 Å². The van der Waals surface area contributed by atoms with Crippen molar-refractivity contribution in [2.75, 3.05) is 0 Å². The molecule has 5 aromatic heterocycles. The lowest BCUT2D eigenvalue weighted by atomic mass is 10.0. The number of nitrogens with zero attached hydrogens (tertiary/aromatic N) is 7. The molecule has 0 amide bonds. The smallest absolute Gasteiger partial charge is 0.242 e. The van der Waals surface area contributed by atoms with Crippen LogP contribution >= 0.6 is 7.14 Å². The van der Waals surface area contributed by atoms with Crippen molar-refractivity contribution in [1.82, 2.24) is 34.1 Å². The number of rotatable bonds is 4. The highest BCUT2D eigenvalue weighted by atomic mass is 31.2. The molecule has 0 bridgehead atoms. The van der Waals surface area contributed by atoms with Gasteiger partial charge in [0, 0.05) is 55.4 Å². The number of para-hydroxylation sites is 2. The Kier molecular flexibility index (Phi) is 6.06. The summed E-state index contributed by atoms with van der Waals surface area (Å²) >= 11 is 0. The number of hydrogen-bond acceptors (Lipinski definition) is 6. The van der Waals surface area contributed by atoms with E-state index in [2.05, 4.69) is 41.0 Å². The summed E-state index contributed by atoms with van der Waals surface area (Å²) in [6.07, 6.45) is 3.54. The third-order valence-electron chi connectivity index (χ3n) is 10.1. The largest absolute Gasteiger partial charge is 0.309 e. The van der Waals surface area contributed by atoms with E-state index in [9.17, 15) is 0 Å². The van der Waals surface area contributed by atoms with Gasteiger partial charge in [-0.1, -0.05) is 109 Å². The maximum atomic E-state index is 15.9. The Balaban J connectivity index is 1.28. The van der Waals surface area contributed by atoms with E-state index in [0.29, 0.717) is 34.6 Å². The molecular formula is C43H26N7OP. The predicted octanol–water partition coefficient (Wildman–Crippen LogP) is 8.14. The quantitative estimate of drug-likeness (QED) is 0.174. The molecular weight excluding hydrogens is 661 g/mol. The Morgan fingerprint density at radius 3 is 1.67 bits per heavy atom. The zero-order chi connectivity index (χ0) is 34.4. The number of fused-ring (bicyclic) bond motifs is 9. The number of aromatic nitrogens is 7. The normalized spacial score (nSPS) is 15.1. The Morgan fingerprint density at radius 2 is 0.981 bits per heavy atom. The molecule has 0 aliphatic carbocycles. The molecule has 10 aromatic rings. The minimum absolute atomic E-state index is 0.363. The fraction of sp³-hybridized carbons (Fsp3) is 0. The van der Waals surface area contributed by atoms with Crippen molar-refractivity contribution in [3.63, 3.8) is 0 Å². The molecule has 1 aliphatic heterocycles. The molecule has 0 saturated carbocycles. The van der Waals surface area contributed by atoms with Crippen molar-refractivity contribution in [3.05, 3.63) is 158 Å². The molecule has 5 aromatic carbocycles. The predicted molar refractivity (Wildman–Crippen MR) is 208 cm³/mol. The lowest BCUT2D eigenvalue weighted by Gasteiger charge is -2.19. The van der Waals surface area contributed by atoms with Crippen LogP contribution < -0.4 is 15.9 Å². The average molecular weight is 688 g/mol. The highest BCUT2D eigenvalue weighted by molar-refractivity contribution is 7.86. The van der Waals surface area contributed by atoms with Crippen LogP contribution in [0.1, 0.15) is 0 Å². The highest BCUT2D eigenvalue weighted by Gasteiger charge is 2.42. The molecule has 52 heavy (non-hydrogen) atoms. The SMILES string of the molecule is O=P1(c2ccccc2)c2ccccc2-c2cccc(-c3nc(-n4c5ccccc5c5ccccc54)nc(-n4c5ncccc5c5cccnc54)n3)c21. The summed E-state index contributed by atoms with van der Waals surface area (Å²) in [4.78, 5) is 25.4. The van der Waals surface area contributed by atoms with Crippen molar-refractivity contribution < 1.29 is 4.57 Å². The van der Waals surface area contributed by atoms with Crippen LogP contribution in [0, 0.1) is 0 Å². The van der Waals surface area contributed by atoms with Crippen LogP contribution in [0.5, 0.6) is 0 Å². The van der Waals surface area contributed by atoms with Crippen LogP contribution in [0.2, 0.25) is 0 Å². The van der Waals surface area contributed by atoms with Gasteiger partial charge in [0.2, 0.25) is 11.9 Å². The molecule has 0 N–H and O–H groups in total. The summed E-state index contributed by atoms with van der Waals surface area (Å²) in [6, 6.07) is 48.3. The third-order valence-corrected chi connectivity index (χ3v) is 13.3. The van der Waals surface area contributed by atoms with Gasteiger partial charge in [-0.3, -0.25) is 4.57 Å². The van der Waals surface area contributed by atoms with Gasteiger partial charge >= 0.3 is 0 Å². The van der Waals surface area contributed by atoms with E-state index in [1.807, 2.05) is 114 Å². The molecule has 8 nitrogen and oxygen atoms in total. The zero-order valence-electron chi connectivity index (χ0n) is 27.5. The summed E-state index contributed by atoms with van der Waals surface area (Å²) < 4.78 is 19.9. The Labute approximate surface area is 297 Å². The minimum Gasteiger partial charge on any atom is -0.309 e. The first-order valence-electron chi connectivity index (χ1n) is 17.0. The molecule has 0 saturated heterocycles. The molecule has 0 radical (unpaired) electrons. The van der Waals surface area contributed by atoms with E-state index >= 15 is 4.57 Å². The maximum absolute atomic E-state index is 15.9. The van der Waals surface area contributed by atoms with E-state index in [1.54, 1.807) is 12.4 Å². The second-order valence-corrected chi connectivity index (χ2v) is 15.5. The summed E-state index contributed by atoms with van der Waals surface area (Å²) in [7, 11) is -3.35. The van der Waals surface area contributed by atoms with Gasteiger partial charge in [-0.05, 0) is 47.5 Å². The summed E-state index contributed by atoms with van der Waals surface area (Å²) in [6.45, 7) is 0. The van der Waals surface area contributed by atoms with Crippen LogP contribution in [-0.2, 0) is 4.57 Å². The van der Waals surface area contributed by atoms with Crippen molar-refractivity contribution in [3.8, 4) is 34.4 Å². The fourth-order valence-electron chi connectivity index (χ4n) is 7.96. The van der Waals surface area contributed by atoms with E-state index in [4.69, 9.17) is 24.9 Å². The summed E-state index contributed by atoms with van der Waals surface area (Å²) in [5, 5.41) is 6.37. The van der Waals surface area contributed by atoms with Gasteiger partial charge in [0.05, 0.1) is 11.0 Å².